The van der Waals surface area contributed by atoms with Gasteiger partial charge in [0.15, 0.2) is 0 Å². The predicted molar refractivity (Wildman–Crippen MR) is 73.2 cm³/mol. The average molecular weight is 252 g/mol. The second-order valence-corrected chi connectivity index (χ2v) is 5.01. The Labute approximate surface area is 107 Å². The van der Waals surface area contributed by atoms with Gasteiger partial charge in [0.25, 0.3) is 0 Å². The van der Waals surface area contributed by atoms with E-state index in [0.717, 1.165) is 6.42 Å². The summed E-state index contributed by atoms with van der Waals surface area (Å²) < 4.78 is 0. The SMILES string of the molecule is CSc1ccc(CCNC(=O)CC(C)N)cc1. The van der Waals surface area contributed by atoms with Crippen molar-refractivity contribution in [1.82, 2.24) is 5.32 Å². The summed E-state index contributed by atoms with van der Waals surface area (Å²) in [7, 11) is 0. The van der Waals surface area contributed by atoms with Gasteiger partial charge in [0, 0.05) is 23.9 Å². The fourth-order valence-corrected chi connectivity index (χ4v) is 1.91. The summed E-state index contributed by atoms with van der Waals surface area (Å²) in [4.78, 5) is 12.6. The third-order valence-corrected chi connectivity index (χ3v) is 3.15. The highest BCUT2D eigenvalue weighted by molar-refractivity contribution is 7.98. The molecule has 1 atom stereocenters. The minimum Gasteiger partial charge on any atom is -0.356 e. The van der Waals surface area contributed by atoms with E-state index in [1.807, 2.05) is 6.92 Å². The van der Waals surface area contributed by atoms with Gasteiger partial charge in [0.1, 0.15) is 0 Å². The molecule has 1 unspecified atom stereocenters. The molecule has 1 rings (SSSR count). The van der Waals surface area contributed by atoms with Gasteiger partial charge in [-0.05, 0) is 37.3 Å². The molecule has 3 nitrogen and oxygen atoms in total. The van der Waals surface area contributed by atoms with Crippen LogP contribution in [-0.2, 0) is 11.2 Å². The van der Waals surface area contributed by atoms with Crippen molar-refractivity contribution in [2.75, 3.05) is 12.8 Å². The molecular formula is C13H20N2OS. The number of rotatable bonds is 6. The van der Waals surface area contributed by atoms with E-state index in [4.69, 9.17) is 5.73 Å². The molecular weight excluding hydrogens is 232 g/mol. The fourth-order valence-electron chi connectivity index (χ4n) is 1.50. The van der Waals surface area contributed by atoms with E-state index in [1.165, 1.54) is 10.5 Å². The first-order chi connectivity index (χ1) is 8.11. The number of hydrogen-bond donors (Lipinski definition) is 2. The lowest BCUT2D eigenvalue weighted by Gasteiger charge is -2.07. The maximum Gasteiger partial charge on any atom is 0.221 e. The van der Waals surface area contributed by atoms with Crippen molar-refractivity contribution in [2.24, 2.45) is 5.73 Å². The van der Waals surface area contributed by atoms with Crippen LogP contribution in [0.2, 0.25) is 0 Å². The monoisotopic (exact) mass is 252 g/mol. The molecule has 0 aliphatic heterocycles. The number of benzene rings is 1. The zero-order valence-corrected chi connectivity index (χ0v) is 11.2. The predicted octanol–water partition coefficient (Wildman–Crippen LogP) is 1.80. The van der Waals surface area contributed by atoms with Crippen LogP contribution < -0.4 is 11.1 Å². The maximum atomic E-state index is 11.3. The molecule has 0 fully saturated rings. The molecule has 0 spiro atoms. The summed E-state index contributed by atoms with van der Waals surface area (Å²) in [6.45, 7) is 2.50. The Hall–Kier alpha value is -1.00. The summed E-state index contributed by atoms with van der Waals surface area (Å²) in [5.41, 5.74) is 6.78. The molecule has 0 radical (unpaired) electrons. The van der Waals surface area contributed by atoms with Gasteiger partial charge in [-0.25, -0.2) is 0 Å². The summed E-state index contributed by atoms with van der Waals surface area (Å²) in [5.74, 6) is 0.0285. The van der Waals surface area contributed by atoms with Gasteiger partial charge in [-0.3, -0.25) is 4.79 Å². The normalized spacial score (nSPS) is 12.2. The van der Waals surface area contributed by atoms with Crippen molar-refractivity contribution in [1.29, 1.82) is 0 Å². The molecule has 0 bridgehead atoms. The van der Waals surface area contributed by atoms with Crippen molar-refractivity contribution < 1.29 is 4.79 Å². The maximum absolute atomic E-state index is 11.3. The summed E-state index contributed by atoms with van der Waals surface area (Å²) >= 11 is 1.73. The lowest BCUT2D eigenvalue weighted by molar-refractivity contribution is -0.121. The molecule has 0 saturated heterocycles. The van der Waals surface area contributed by atoms with Gasteiger partial charge in [-0.1, -0.05) is 12.1 Å². The zero-order valence-electron chi connectivity index (χ0n) is 10.4. The number of carbonyl (C=O) groups excluding carboxylic acids is 1. The quantitative estimate of drug-likeness (QED) is 0.759. The minimum absolute atomic E-state index is 0.0285. The third-order valence-electron chi connectivity index (χ3n) is 2.40. The smallest absolute Gasteiger partial charge is 0.221 e. The number of amides is 1. The summed E-state index contributed by atoms with van der Waals surface area (Å²) in [6, 6.07) is 8.33. The highest BCUT2D eigenvalue weighted by Crippen LogP contribution is 2.14. The molecule has 17 heavy (non-hydrogen) atoms. The van der Waals surface area contributed by atoms with E-state index in [2.05, 4.69) is 35.8 Å². The molecule has 0 heterocycles. The van der Waals surface area contributed by atoms with Crippen LogP contribution in [0.5, 0.6) is 0 Å². The van der Waals surface area contributed by atoms with Crippen LogP contribution in [0, 0.1) is 0 Å². The van der Waals surface area contributed by atoms with E-state index < -0.39 is 0 Å². The largest absolute Gasteiger partial charge is 0.356 e. The van der Waals surface area contributed by atoms with Gasteiger partial charge in [-0.2, -0.15) is 0 Å². The Morgan fingerprint density at radius 2 is 2.06 bits per heavy atom. The molecule has 0 aliphatic rings. The number of nitrogens with one attached hydrogen (secondary N) is 1. The van der Waals surface area contributed by atoms with Gasteiger partial charge in [-0.15, -0.1) is 11.8 Å². The number of hydrogen-bond acceptors (Lipinski definition) is 3. The van der Waals surface area contributed by atoms with Crippen LogP contribution in [0.1, 0.15) is 18.9 Å². The molecule has 0 aromatic heterocycles. The molecule has 4 heteroatoms. The van der Waals surface area contributed by atoms with Gasteiger partial charge in [0.05, 0.1) is 0 Å². The second kappa shape index (κ2) is 7.35. The van der Waals surface area contributed by atoms with E-state index in [-0.39, 0.29) is 11.9 Å². The molecule has 1 aromatic carbocycles. The summed E-state index contributed by atoms with van der Waals surface area (Å²) in [6.07, 6.45) is 3.31. The Morgan fingerprint density at radius 1 is 1.41 bits per heavy atom. The highest BCUT2D eigenvalue weighted by Gasteiger charge is 2.03. The van der Waals surface area contributed by atoms with Crippen molar-refractivity contribution >= 4 is 17.7 Å². The second-order valence-electron chi connectivity index (χ2n) is 4.13. The lowest BCUT2D eigenvalue weighted by Crippen LogP contribution is -2.31. The third kappa shape index (κ3) is 5.75. The Balaban J connectivity index is 2.28. The average Bonchev–Trinajstić information content (AvgIpc) is 2.29. The summed E-state index contributed by atoms with van der Waals surface area (Å²) in [5, 5.41) is 2.87. The number of carbonyl (C=O) groups is 1. The van der Waals surface area contributed by atoms with E-state index in [9.17, 15) is 4.79 Å². The van der Waals surface area contributed by atoms with Crippen molar-refractivity contribution in [3.63, 3.8) is 0 Å². The number of thioether (sulfide) groups is 1. The van der Waals surface area contributed by atoms with Crippen molar-refractivity contribution in [2.45, 2.75) is 30.7 Å². The molecule has 1 amide bonds. The first-order valence-electron chi connectivity index (χ1n) is 5.77. The van der Waals surface area contributed by atoms with Gasteiger partial charge < -0.3 is 11.1 Å². The number of nitrogens with two attached hydrogens (primary N) is 1. The van der Waals surface area contributed by atoms with Crippen molar-refractivity contribution in [3.8, 4) is 0 Å². The van der Waals surface area contributed by atoms with Crippen LogP contribution in [0.3, 0.4) is 0 Å². The zero-order chi connectivity index (χ0) is 12.7. The first kappa shape index (κ1) is 14.1. The van der Waals surface area contributed by atoms with E-state index in [1.54, 1.807) is 11.8 Å². The highest BCUT2D eigenvalue weighted by atomic mass is 32.2. The molecule has 0 aliphatic carbocycles. The first-order valence-corrected chi connectivity index (χ1v) is 6.99. The fraction of sp³-hybridized carbons (Fsp3) is 0.462. The van der Waals surface area contributed by atoms with Crippen LogP contribution in [0.15, 0.2) is 29.2 Å². The van der Waals surface area contributed by atoms with Crippen molar-refractivity contribution in [3.05, 3.63) is 29.8 Å². The van der Waals surface area contributed by atoms with Crippen LogP contribution in [0.4, 0.5) is 0 Å². The molecule has 3 N–H and O–H groups in total. The molecule has 1 aromatic rings. The Kier molecular flexibility index (Phi) is 6.08. The van der Waals surface area contributed by atoms with Gasteiger partial charge >= 0.3 is 0 Å². The van der Waals surface area contributed by atoms with E-state index >= 15 is 0 Å². The van der Waals surface area contributed by atoms with Crippen LogP contribution >= 0.6 is 11.8 Å². The van der Waals surface area contributed by atoms with Gasteiger partial charge in [0.2, 0.25) is 5.91 Å². The van der Waals surface area contributed by atoms with Crippen LogP contribution in [-0.4, -0.2) is 24.7 Å². The Morgan fingerprint density at radius 3 is 2.59 bits per heavy atom. The standard InChI is InChI=1S/C13H20N2OS/c1-10(14)9-13(16)15-8-7-11-3-5-12(17-2)6-4-11/h3-6,10H,7-9,14H2,1-2H3,(H,15,16). The molecule has 0 saturated carbocycles. The van der Waals surface area contributed by atoms with E-state index in [0.29, 0.717) is 13.0 Å². The minimum atomic E-state index is -0.0733. The van der Waals surface area contributed by atoms with Crippen LogP contribution in [0.25, 0.3) is 0 Å². The Bertz CT molecular complexity index is 349. The molecule has 94 valence electrons. The lowest BCUT2D eigenvalue weighted by atomic mass is 10.1. The topological polar surface area (TPSA) is 55.1 Å².